The van der Waals surface area contributed by atoms with Gasteiger partial charge in [-0.05, 0) is 48.9 Å². The van der Waals surface area contributed by atoms with Gasteiger partial charge in [0.15, 0.2) is 0 Å². The van der Waals surface area contributed by atoms with Gasteiger partial charge in [-0.1, -0.05) is 11.6 Å². The number of benzene rings is 2. The van der Waals surface area contributed by atoms with Crippen LogP contribution in [-0.4, -0.2) is 32.6 Å². The zero-order chi connectivity index (χ0) is 19.6. The summed E-state index contributed by atoms with van der Waals surface area (Å²) in [7, 11) is 3.04. The van der Waals surface area contributed by atoms with Gasteiger partial charge in [-0.25, -0.2) is 0 Å². The Morgan fingerprint density at radius 1 is 0.963 bits per heavy atom. The minimum atomic E-state index is -0.516. The van der Waals surface area contributed by atoms with Crippen molar-refractivity contribution in [2.24, 2.45) is 0 Å². The number of carbonyl (C=O) groups excluding carboxylic acids is 2. The van der Waals surface area contributed by atoms with Crippen LogP contribution >= 0.6 is 11.6 Å². The van der Waals surface area contributed by atoms with Crippen molar-refractivity contribution in [3.05, 3.63) is 53.1 Å². The van der Waals surface area contributed by atoms with Gasteiger partial charge in [0, 0.05) is 11.4 Å². The number of rotatable bonds is 8. The number of nitrogens with one attached hydrogen (secondary N) is 2. The van der Waals surface area contributed by atoms with E-state index in [1.807, 2.05) is 0 Å². The molecular formula is C19H21ClN2O5. The largest absolute Gasteiger partial charge is 0.497 e. The maximum absolute atomic E-state index is 12.1. The quantitative estimate of drug-likeness (QED) is 0.533. The van der Waals surface area contributed by atoms with Crippen LogP contribution in [0, 0.1) is 0 Å². The van der Waals surface area contributed by atoms with Gasteiger partial charge in [-0.2, -0.15) is 0 Å². The minimum Gasteiger partial charge on any atom is -0.497 e. The van der Waals surface area contributed by atoms with E-state index in [-0.39, 0.29) is 17.9 Å². The van der Waals surface area contributed by atoms with Crippen molar-refractivity contribution in [3.8, 4) is 17.2 Å². The van der Waals surface area contributed by atoms with E-state index in [4.69, 9.17) is 25.8 Å². The molecule has 0 aliphatic rings. The van der Waals surface area contributed by atoms with Crippen LogP contribution in [0.25, 0.3) is 0 Å². The van der Waals surface area contributed by atoms with Gasteiger partial charge in [-0.15, -0.1) is 0 Å². The Labute approximate surface area is 162 Å². The predicted octanol–water partition coefficient (Wildman–Crippen LogP) is 2.98. The van der Waals surface area contributed by atoms with E-state index >= 15 is 0 Å². The third-order valence-corrected chi connectivity index (χ3v) is 3.83. The van der Waals surface area contributed by atoms with E-state index in [0.717, 1.165) is 5.75 Å². The number of halogens is 1. The summed E-state index contributed by atoms with van der Waals surface area (Å²) in [4.78, 5) is 24.0. The summed E-state index contributed by atoms with van der Waals surface area (Å²) in [6, 6.07) is 11.8. The molecule has 0 bridgehead atoms. The average Bonchev–Trinajstić information content (AvgIpc) is 2.69. The van der Waals surface area contributed by atoms with Gasteiger partial charge in [0.2, 0.25) is 5.91 Å². The standard InChI is InChI=1S/C19H21ClN2O5/c1-25-14-6-8-15(9-7-14)27-11-3-4-18(23)21-22-19(24)16-12-13(20)5-10-17(16)26-2/h5-10,12H,3-4,11H2,1-2H3,(H,21,23)(H,22,24). The lowest BCUT2D eigenvalue weighted by molar-refractivity contribution is -0.122. The van der Waals surface area contributed by atoms with Gasteiger partial charge >= 0.3 is 0 Å². The van der Waals surface area contributed by atoms with Crippen LogP contribution in [0.4, 0.5) is 0 Å². The maximum Gasteiger partial charge on any atom is 0.273 e. The zero-order valence-corrected chi connectivity index (χ0v) is 15.8. The van der Waals surface area contributed by atoms with Gasteiger partial charge in [0.25, 0.3) is 5.91 Å². The van der Waals surface area contributed by atoms with Crippen molar-refractivity contribution in [2.45, 2.75) is 12.8 Å². The first-order valence-electron chi connectivity index (χ1n) is 8.23. The van der Waals surface area contributed by atoms with Gasteiger partial charge in [0.1, 0.15) is 17.2 Å². The smallest absolute Gasteiger partial charge is 0.273 e. The molecule has 0 spiro atoms. The Morgan fingerprint density at radius 2 is 1.67 bits per heavy atom. The summed E-state index contributed by atoms with van der Waals surface area (Å²) >= 11 is 5.89. The number of ether oxygens (including phenoxy) is 3. The van der Waals surface area contributed by atoms with Crippen LogP contribution in [0.1, 0.15) is 23.2 Å². The van der Waals surface area contributed by atoms with Crippen LogP contribution in [0.15, 0.2) is 42.5 Å². The minimum absolute atomic E-state index is 0.198. The number of hydrazine groups is 1. The van der Waals surface area contributed by atoms with Crippen molar-refractivity contribution in [1.82, 2.24) is 10.9 Å². The Hall–Kier alpha value is -2.93. The Morgan fingerprint density at radius 3 is 2.33 bits per heavy atom. The van der Waals surface area contributed by atoms with E-state index in [1.54, 1.807) is 43.5 Å². The topological polar surface area (TPSA) is 85.9 Å². The van der Waals surface area contributed by atoms with Crippen molar-refractivity contribution < 1.29 is 23.8 Å². The lowest BCUT2D eigenvalue weighted by atomic mass is 10.2. The molecule has 0 unspecified atom stereocenters. The van der Waals surface area contributed by atoms with Gasteiger partial charge < -0.3 is 14.2 Å². The molecule has 144 valence electrons. The Balaban J connectivity index is 1.71. The first-order chi connectivity index (χ1) is 13.0. The monoisotopic (exact) mass is 392 g/mol. The first kappa shape index (κ1) is 20.4. The van der Waals surface area contributed by atoms with E-state index in [2.05, 4.69) is 10.9 Å². The van der Waals surface area contributed by atoms with Crippen molar-refractivity contribution in [2.75, 3.05) is 20.8 Å². The SMILES string of the molecule is COc1ccc(OCCCC(=O)NNC(=O)c2cc(Cl)ccc2OC)cc1. The predicted molar refractivity (Wildman–Crippen MR) is 101 cm³/mol. The highest BCUT2D eigenvalue weighted by molar-refractivity contribution is 6.31. The molecule has 7 nitrogen and oxygen atoms in total. The van der Waals surface area contributed by atoms with Crippen molar-refractivity contribution in [3.63, 3.8) is 0 Å². The molecular weight excluding hydrogens is 372 g/mol. The maximum atomic E-state index is 12.1. The summed E-state index contributed by atoms with van der Waals surface area (Å²) in [6.07, 6.45) is 0.692. The number of amides is 2. The van der Waals surface area contributed by atoms with Crippen LogP contribution in [0.5, 0.6) is 17.2 Å². The van der Waals surface area contributed by atoms with E-state index < -0.39 is 5.91 Å². The second-order valence-electron chi connectivity index (χ2n) is 5.47. The molecule has 0 aromatic heterocycles. The summed E-state index contributed by atoms with van der Waals surface area (Å²) in [6.45, 7) is 0.371. The van der Waals surface area contributed by atoms with Crippen LogP contribution in [0.3, 0.4) is 0 Å². The van der Waals surface area contributed by atoms with Gasteiger partial charge in [-0.3, -0.25) is 20.4 Å². The van der Waals surface area contributed by atoms with Crippen molar-refractivity contribution >= 4 is 23.4 Å². The molecule has 0 radical (unpaired) electrons. The fraction of sp³-hybridized carbons (Fsp3) is 0.263. The van der Waals surface area contributed by atoms with Crippen LogP contribution in [-0.2, 0) is 4.79 Å². The molecule has 2 N–H and O–H groups in total. The molecule has 8 heteroatoms. The molecule has 0 heterocycles. The fourth-order valence-corrected chi connectivity index (χ4v) is 2.38. The summed E-state index contributed by atoms with van der Waals surface area (Å²) in [5.74, 6) is 0.949. The van der Waals surface area contributed by atoms with Crippen LogP contribution < -0.4 is 25.1 Å². The molecule has 2 aromatic carbocycles. The Bertz CT molecular complexity index is 780. The molecule has 2 aromatic rings. The average molecular weight is 393 g/mol. The molecule has 0 fully saturated rings. The zero-order valence-electron chi connectivity index (χ0n) is 15.1. The van der Waals surface area contributed by atoms with Crippen molar-refractivity contribution in [1.29, 1.82) is 0 Å². The van der Waals surface area contributed by atoms with Crippen LogP contribution in [0.2, 0.25) is 5.02 Å². The molecule has 0 saturated carbocycles. The highest BCUT2D eigenvalue weighted by atomic mass is 35.5. The first-order valence-corrected chi connectivity index (χ1v) is 8.61. The second-order valence-corrected chi connectivity index (χ2v) is 5.91. The molecule has 0 aliphatic heterocycles. The number of carbonyl (C=O) groups is 2. The second kappa shape index (κ2) is 10.3. The molecule has 0 atom stereocenters. The summed E-state index contributed by atoms with van der Waals surface area (Å²) in [5, 5.41) is 0.392. The van der Waals surface area contributed by atoms with E-state index in [0.29, 0.717) is 29.5 Å². The molecule has 2 amide bonds. The third-order valence-electron chi connectivity index (χ3n) is 3.60. The number of hydrogen-bond donors (Lipinski definition) is 2. The molecule has 0 aliphatic carbocycles. The molecule has 2 rings (SSSR count). The molecule has 0 saturated heterocycles. The number of methoxy groups -OCH3 is 2. The van der Waals surface area contributed by atoms with Gasteiger partial charge in [0.05, 0.1) is 26.4 Å². The third kappa shape index (κ3) is 6.38. The summed E-state index contributed by atoms with van der Waals surface area (Å²) in [5.41, 5.74) is 4.93. The summed E-state index contributed by atoms with van der Waals surface area (Å²) < 4.78 is 15.7. The Kier molecular flexibility index (Phi) is 7.76. The lowest BCUT2D eigenvalue weighted by Gasteiger charge is -2.11. The lowest BCUT2D eigenvalue weighted by Crippen LogP contribution is -2.41. The van der Waals surface area contributed by atoms with E-state index in [1.165, 1.54) is 13.2 Å². The normalized spacial score (nSPS) is 10.0. The molecule has 27 heavy (non-hydrogen) atoms. The highest BCUT2D eigenvalue weighted by Crippen LogP contribution is 2.22. The fourth-order valence-electron chi connectivity index (χ4n) is 2.21. The van der Waals surface area contributed by atoms with E-state index in [9.17, 15) is 9.59 Å². The highest BCUT2D eigenvalue weighted by Gasteiger charge is 2.13. The number of hydrogen-bond acceptors (Lipinski definition) is 5.